The van der Waals surface area contributed by atoms with E-state index >= 15 is 0 Å². The molecule has 0 atom stereocenters. The standard InChI is InChI=1S/C11H21N3O3/c1-5-13-9(16)6-7-14(8-15)10(17)11(2,3)12-4/h8,12H,5-7H2,1-4H3,(H,13,16). The molecule has 0 fully saturated rings. The Morgan fingerprint density at radius 1 is 1.35 bits per heavy atom. The zero-order valence-corrected chi connectivity index (χ0v) is 10.9. The SMILES string of the molecule is CCNC(=O)CCN(C=O)C(=O)C(C)(C)NC. The summed E-state index contributed by atoms with van der Waals surface area (Å²) in [5, 5.41) is 5.43. The van der Waals surface area contributed by atoms with Gasteiger partial charge in [0.25, 0.3) is 0 Å². The Labute approximate surface area is 102 Å². The third-order valence-corrected chi connectivity index (χ3v) is 2.50. The lowest BCUT2D eigenvalue weighted by atomic mass is 10.0. The fourth-order valence-corrected chi connectivity index (χ4v) is 1.18. The van der Waals surface area contributed by atoms with Crippen molar-refractivity contribution in [2.24, 2.45) is 0 Å². The Balaban J connectivity index is 4.39. The van der Waals surface area contributed by atoms with Gasteiger partial charge in [-0.3, -0.25) is 19.3 Å². The predicted molar refractivity (Wildman–Crippen MR) is 64.2 cm³/mol. The second kappa shape index (κ2) is 7.01. The van der Waals surface area contributed by atoms with E-state index < -0.39 is 5.54 Å². The topological polar surface area (TPSA) is 78.5 Å². The summed E-state index contributed by atoms with van der Waals surface area (Å²) >= 11 is 0. The van der Waals surface area contributed by atoms with E-state index in [-0.39, 0.29) is 24.8 Å². The van der Waals surface area contributed by atoms with Gasteiger partial charge in [-0.25, -0.2) is 0 Å². The first kappa shape index (κ1) is 15.6. The molecule has 0 aromatic carbocycles. The molecule has 0 rings (SSSR count). The van der Waals surface area contributed by atoms with E-state index in [0.717, 1.165) is 4.90 Å². The van der Waals surface area contributed by atoms with Crippen LogP contribution in [0.15, 0.2) is 0 Å². The van der Waals surface area contributed by atoms with Gasteiger partial charge in [-0.2, -0.15) is 0 Å². The van der Waals surface area contributed by atoms with Gasteiger partial charge in [0, 0.05) is 19.5 Å². The van der Waals surface area contributed by atoms with Gasteiger partial charge in [0.15, 0.2) is 0 Å². The van der Waals surface area contributed by atoms with Crippen LogP contribution < -0.4 is 10.6 Å². The van der Waals surface area contributed by atoms with Gasteiger partial charge in [0.05, 0.1) is 5.54 Å². The van der Waals surface area contributed by atoms with Crippen LogP contribution in [0.2, 0.25) is 0 Å². The van der Waals surface area contributed by atoms with Gasteiger partial charge in [0.1, 0.15) is 0 Å². The average Bonchev–Trinajstić information content (AvgIpc) is 2.29. The Hall–Kier alpha value is -1.43. The number of nitrogens with zero attached hydrogens (tertiary/aromatic N) is 1. The summed E-state index contributed by atoms with van der Waals surface area (Å²) in [5.74, 6) is -0.520. The van der Waals surface area contributed by atoms with Crippen LogP contribution in [0.5, 0.6) is 0 Å². The molecule has 0 aromatic rings. The van der Waals surface area contributed by atoms with Gasteiger partial charge in [-0.05, 0) is 27.8 Å². The molecule has 0 aliphatic carbocycles. The summed E-state index contributed by atoms with van der Waals surface area (Å²) in [5.41, 5.74) is -0.817. The van der Waals surface area contributed by atoms with Crippen LogP contribution in [0, 0.1) is 0 Å². The van der Waals surface area contributed by atoms with E-state index in [4.69, 9.17) is 0 Å². The Morgan fingerprint density at radius 2 is 1.94 bits per heavy atom. The Bertz CT molecular complexity index is 290. The molecule has 0 heterocycles. The van der Waals surface area contributed by atoms with Crippen molar-refractivity contribution in [2.75, 3.05) is 20.1 Å². The van der Waals surface area contributed by atoms with Crippen LogP contribution in [0.3, 0.4) is 0 Å². The highest BCUT2D eigenvalue weighted by Gasteiger charge is 2.30. The van der Waals surface area contributed by atoms with E-state index in [2.05, 4.69) is 10.6 Å². The third kappa shape index (κ3) is 4.95. The monoisotopic (exact) mass is 243 g/mol. The zero-order valence-electron chi connectivity index (χ0n) is 10.9. The maximum absolute atomic E-state index is 11.9. The number of hydrogen-bond acceptors (Lipinski definition) is 4. The number of carbonyl (C=O) groups is 3. The highest BCUT2D eigenvalue weighted by molar-refractivity contribution is 5.93. The highest BCUT2D eigenvalue weighted by atomic mass is 16.2. The van der Waals surface area contributed by atoms with Gasteiger partial charge < -0.3 is 10.6 Å². The molecule has 0 aliphatic rings. The number of likely N-dealkylation sites (N-methyl/N-ethyl adjacent to an activating group) is 1. The van der Waals surface area contributed by atoms with Crippen molar-refractivity contribution >= 4 is 18.2 Å². The quantitative estimate of drug-likeness (QED) is 0.591. The van der Waals surface area contributed by atoms with Crippen molar-refractivity contribution < 1.29 is 14.4 Å². The van der Waals surface area contributed by atoms with Crippen LogP contribution in [-0.2, 0) is 14.4 Å². The fraction of sp³-hybridized carbons (Fsp3) is 0.727. The summed E-state index contributed by atoms with van der Waals surface area (Å²) in [7, 11) is 1.64. The van der Waals surface area contributed by atoms with Crippen molar-refractivity contribution in [1.29, 1.82) is 0 Å². The van der Waals surface area contributed by atoms with Crippen LogP contribution in [0.1, 0.15) is 27.2 Å². The summed E-state index contributed by atoms with van der Waals surface area (Å²) in [4.78, 5) is 35.0. The normalized spacial score (nSPS) is 10.8. The molecule has 0 unspecified atom stereocenters. The van der Waals surface area contributed by atoms with Gasteiger partial charge in [-0.1, -0.05) is 0 Å². The summed E-state index contributed by atoms with van der Waals surface area (Å²) in [6.45, 7) is 5.80. The van der Waals surface area contributed by atoms with E-state index in [1.165, 1.54) is 0 Å². The van der Waals surface area contributed by atoms with Crippen molar-refractivity contribution in [3.8, 4) is 0 Å². The number of nitrogens with one attached hydrogen (secondary N) is 2. The number of imide groups is 1. The molecular weight excluding hydrogens is 222 g/mol. The first-order chi connectivity index (χ1) is 7.88. The molecule has 17 heavy (non-hydrogen) atoms. The van der Waals surface area contributed by atoms with E-state index in [0.29, 0.717) is 13.0 Å². The van der Waals surface area contributed by atoms with Crippen molar-refractivity contribution in [1.82, 2.24) is 15.5 Å². The van der Waals surface area contributed by atoms with E-state index in [1.54, 1.807) is 20.9 Å². The van der Waals surface area contributed by atoms with E-state index in [1.807, 2.05) is 6.92 Å². The minimum absolute atomic E-state index is 0.0965. The summed E-state index contributed by atoms with van der Waals surface area (Å²) in [6.07, 6.45) is 0.582. The zero-order chi connectivity index (χ0) is 13.5. The van der Waals surface area contributed by atoms with E-state index in [9.17, 15) is 14.4 Å². The lowest BCUT2D eigenvalue weighted by Gasteiger charge is -2.27. The largest absolute Gasteiger partial charge is 0.356 e. The number of amides is 3. The highest BCUT2D eigenvalue weighted by Crippen LogP contribution is 2.06. The molecule has 0 aliphatic heterocycles. The molecule has 3 amide bonds. The first-order valence-electron chi connectivity index (χ1n) is 5.61. The van der Waals surface area contributed by atoms with Crippen LogP contribution in [0.25, 0.3) is 0 Å². The van der Waals surface area contributed by atoms with Crippen LogP contribution in [-0.4, -0.2) is 48.8 Å². The lowest BCUT2D eigenvalue weighted by molar-refractivity contribution is -0.142. The molecule has 6 nitrogen and oxygen atoms in total. The average molecular weight is 243 g/mol. The number of rotatable bonds is 7. The smallest absolute Gasteiger partial charge is 0.248 e. The molecule has 0 saturated carbocycles. The molecule has 98 valence electrons. The number of hydrogen-bond donors (Lipinski definition) is 2. The van der Waals surface area contributed by atoms with Crippen molar-refractivity contribution in [2.45, 2.75) is 32.7 Å². The predicted octanol–water partition coefficient (Wildman–Crippen LogP) is -0.504. The van der Waals surface area contributed by atoms with Crippen molar-refractivity contribution in [3.63, 3.8) is 0 Å². The molecule has 0 bridgehead atoms. The maximum Gasteiger partial charge on any atom is 0.248 e. The molecule has 0 aromatic heterocycles. The van der Waals surface area contributed by atoms with Crippen LogP contribution in [0.4, 0.5) is 0 Å². The fourth-order valence-electron chi connectivity index (χ4n) is 1.18. The molecule has 6 heteroatoms. The minimum Gasteiger partial charge on any atom is -0.356 e. The third-order valence-electron chi connectivity index (χ3n) is 2.50. The number of carbonyl (C=O) groups excluding carboxylic acids is 3. The van der Waals surface area contributed by atoms with Gasteiger partial charge >= 0.3 is 0 Å². The van der Waals surface area contributed by atoms with Crippen LogP contribution >= 0.6 is 0 Å². The Morgan fingerprint density at radius 3 is 2.35 bits per heavy atom. The first-order valence-corrected chi connectivity index (χ1v) is 5.61. The minimum atomic E-state index is -0.817. The molecular formula is C11H21N3O3. The van der Waals surface area contributed by atoms with Crippen molar-refractivity contribution in [3.05, 3.63) is 0 Å². The summed E-state index contributed by atoms with van der Waals surface area (Å²) < 4.78 is 0. The van der Waals surface area contributed by atoms with Gasteiger partial charge in [-0.15, -0.1) is 0 Å². The maximum atomic E-state index is 11.9. The van der Waals surface area contributed by atoms with Gasteiger partial charge in [0.2, 0.25) is 18.2 Å². The molecule has 2 N–H and O–H groups in total. The molecule has 0 radical (unpaired) electrons. The lowest BCUT2D eigenvalue weighted by Crippen LogP contribution is -2.53. The Kier molecular flexibility index (Phi) is 6.42. The second-order valence-electron chi connectivity index (χ2n) is 4.18. The second-order valence-corrected chi connectivity index (χ2v) is 4.18. The molecule has 0 saturated heterocycles. The molecule has 0 spiro atoms. The summed E-state index contributed by atoms with van der Waals surface area (Å²) in [6, 6.07) is 0.